The molecule has 5 heteroatoms. The maximum absolute atomic E-state index is 4.50. The summed E-state index contributed by atoms with van der Waals surface area (Å²) < 4.78 is 2.18. The molecule has 0 saturated heterocycles. The van der Waals surface area contributed by atoms with Crippen molar-refractivity contribution in [1.29, 1.82) is 0 Å². The van der Waals surface area contributed by atoms with Crippen LogP contribution in [0, 0.1) is 11.8 Å². The molecule has 0 unspecified atom stereocenters. The molecule has 5 nitrogen and oxygen atoms in total. The van der Waals surface area contributed by atoms with E-state index in [1.54, 1.807) is 6.20 Å². The number of nitrogens with one attached hydrogen (secondary N) is 1. The normalized spacial score (nSPS) is 23.4. The van der Waals surface area contributed by atoms with E-state index >= 15 is 0 Å². The van der Waals surface area contributed by atoms with Crippen LogP contribution in [0.1, 0.15) is 44.9 Å². The number of hydrogen-bond acceptors (Lipinski definition) is 3. The van der Waals surface area contributed by atoms with Gasteiger partial charge in [0.1, 0.15) is 5.82 Å². The van der Waals surface area contributed by atoms with Gasteiger partial charge in [0.2, 0.25) is 0 Å². The van der Waals surface area contributed by atoms with Crippen molar-refractivity contribution >= 4 is 16.8 Å². The Labute approximate surface area is 117 Å². The van der Waals surface area contributed by atoms with E-state index in [1.165, 1.54) is 19.3 Å². The lowest BCUT2D eigenvalue weighted by Gasteiger charge is -2.21. The van der Waals surface area contributed by atoms with Crippen LogP contribution in [0.2, 0.25) is 0 Å². The first-order chi connectivity index (χ1) is 9.75. The zero-order valence-electron chi connectivity index (χ0n) is 11.9. The maximum atomic E-state index is 4.50. The molecule has 0 bridgehead atoms. The number of fused-ring (bicyclic) bond motifs is 3. The minimum atomic E-state index is 0.519. The van der Waals surface area contributed by atoms with E-state index in [-0.39, 0.29) is 0 Å². The van der Waals surface area contributed by atoms with E-state index in [1.807, 2.05) is 6.20 Å². The van der Waals surface area contributed by atoms with Crippen molar-refractivity contribution in [3.05, 3.63) is 24.3 Å². The fourth-order valence-corrected chi connectivity index (χ4v) is 3.75. The topological polar surface area (TPSA) is 58.9 Å². The molecule has 2 atom stereocenters. The predicted molar refractivity (Wildman–Crippen MR) is 77.6 cm³/mol. The van der Waals surface area contributed by atoms with Gasteiger partial charge < -0.3 is 4.98 Å². The molecular weight excluding hydrogens is 250 g/mol. The second-order valence-electron chi connectivity index (χ2n) is 6.17. The molecule has 3 aromatic heterocycles. The van der Waals surface area contributed by atoms with Crippen LogP contribution >= 0.6 is 0 Å². The molecule has 3 heterocycles. The van der Waals surface area contributed by atoms with Crippen LogP contribution in [-0.2, 0) is 0 Å². The van der Waals surface area contributed by atoms with Crippen LogP contribution in [0.4, 0.5) is 0 Å². The van der Waals surface area contributed by atoms with Gasteiger partial charge in [-0.05, 0) is 30.7 Å². The van der Waals surface area contributed by atoms with Crippen LogP contribution in [0.5, 0.6) is 0 Å². The molecule has 1 aliphatic carbocycles. The average Bonchev–Trinajstić information content (AvgIpc) is 3.15. The number of rotatable bonds is 2. The molecule has 0 aliphatic heterocycles. The molecular formula is C15H19N5. The number of aromatic amines is 1. The van der Waals surface area contributed by atoms with Gasteiger partial charge in [-0.2, -0.15) is 0 Å². The lowest BCUT2D eigenvalue weighted by Crippen LogP contribution is -2.15. The summed E-state index contributed by atoms with van der Waals surface area (Å²) in [5.41, 5.74) is 2.83. The predicted octanol–water partition coefficient (Wildman–Crippen LogP) is 3.15. The van der Waals surface area contributed by atoms with Crippen LogP contribution in [0.15, 0.2) is 18.5 Å². The Hall–Kier alpha value is -1.91. The minimum absolute atomic E-state index is 0.519. The first kappa shape index (κ1) is 11.9. The number of nitrogens with zero attached hydrogens (tertiary/aromatic N) is 4. The fraction of sp³-hybridized carbons (Fsp3) is 0.533. The van der Waals surface area contributed by atoms with Crippen molar-refractivity contribution in [3.63, 3.8) is 0 Å². The van der Waals surface area contributed by atoms with Gasteiger partial charge in [-0.3, -0.25) is 4.40 Å². The third-order valence-corrected chi connectivity index (χ3v) is 4.72. The standard InChI is InChI=1S/C15H19N5/c1-9(2)10-4-3-5-11(10)15-19-18-13-8-17-14-12(20(13)15)6-7-16-14/h6-11,16H,3-5H2,1-2H3/t10-,11+/m1/s1. The highest BCUT2D eigenvalue weighted by Crippen LogP contribution is 2.43. The lowest BCUT2D eigenvalue weighted by molar-refractivity contribution is 0.348. The molecule has 1 fully saturated rings. The molecule has 0 spiro atoms. The smallest absolute Gasteiger partial charge is 0.179 e. The van der Waals surface area contributed by atoms with Crippen LogP contribution in [0.3, 0.4) is 0 Å². The Morgan fingerprint density at radius 2 is 2.20 bits per heavy atom. The SMILES string of the molecule is CC(C)[C@H]1CCC[C@@H]1c1nnc2cnc3[nH]ccc3n12. The first-order valence-electron chi connectivity index (χ1n) is 7.43. The van der Waals surface area contributed by atoms with Gasteiger partial charge in [-0.15, -0.1) is 10.2 Å². The molecule has 20 heavy (non-hydrogen) atoms. The number of aromatic nitrogens is 5. The van der Waals surface area contributed by atoms with Crippen molar-refractivity contribution in [1.82, 2.24) is 24.6 Å². The molecule has 1 N–H and O–H groups in total. The Bertz CT molecular complexity index is 754. The minimum Gasteiger partial charge on any atom is -0.345 e. The summed E-state index contributed by atoms with van der Waals surface area (Å²) in [5.74, 6) is 3.04. The molecule has 0 aromatic carbocycles. The summed E-state index contributed by atoms with van der Waals surface area (Å²) in [6.45, 7) is 4.64. The van der Waals surface area contributed by atoms with Gasteiger partial charge in [0.15, 0.2) is 11.3 Å². The van der Waals surface area contributed by atoms with E-state index in [2.05, 4.69) is 44.5 Å². The van der Waals surface area contributed by atoms with Gasteiger partial charge in [-0.25, -0.2) is 4.98 Å². The molecule has 104 valence electrons. The maximum Gasteiger partial charge on any atom is 0.179 e. The Kier molecular flexibility index (Phi) is 2.55. The highest BCUT2D eigenvalue weighted by Gasteiger charge is 2.34. The van der Waals surface area contributed by atoms with Crippen molar-refractivity contribution in [3.8, 4) is 0 Å². The summed E-state index contributed by atoms with van der Waals surface area (Å²) in [5, 5.41) is 8.82. The van der Waals surface area contributed by atoms with E-state index in [0.717, 1.165) is 22.6 Å². The Morgan fingerprint density at radius 3 is 3.05 bits per heavy atom. The molecule has 4 rings (SSSR count). The van der Waals surface area contributed by atoms with E-state index < -0.39 is 0 Å². The molecule has 1 saturated carbocycles. The van der Waals surface area contributed by atoms with Crippen molar-refractivity contribution in [2.45, 2.75) is 39.0 Å². The third-order valence-electron chi connectivity index (χ3n) is 4.72. The zero-order valence-corrected chi connectivity index (χ0v) is 11.9. The largest absolute Gasteiger partial charge is 0.345 e. The molecule has 0 radical (unpaired) electrons. The van der Waals surface area contributed by atoms with E-state index in [0.29, 0.717) is 17.8 Å². The van der Waals surface area contributed by atoms with Crippen molar-refractivity contribution in [2.75, 3.05) is 0 Å². The highest BCUT2D eigenvalue weighted by atomic mass is 15.3. The van der Waals surface area contributed by atoms with Gasteiger partial charge in [0.25, 0.3) is 0 Å². The lowest BCUT2D eigenvalue weighted by atomic mass is 9.85. The molecule has 1 aliphatic rings. The van der Waals surface area contributed by atoms with E-state index in [9.17, 15) is 0 Å². The summed E-state index contributed by atoms with van der Waals surface area (Å²) in [6.07, 6.45) is 7.55. The Balaban J connectivity index is 1.93. The molecule has 0 amide bonds. The summed E-state index contributed by atoms with van der Waals surface area (Å²) >= 11 is 0. The van der Waals surface area contributed by atoms with Gasteiger partial charge >= 0.3 is 0 Å². The number of hydrogen-bond donors (Lipinski definition) is 1. The second kappa shape index (κ2) is 4.30. The van der Waals surface area contributed by atoms with Gasteiger partial charge in [0, 0.05) is 12.1 Å². The van der Waals surface area contributed by atoms with Crippen LogP contribution in [0.25, 0.3) is 16.8 Å². The summed E-state index contributed by atoms with van der Waals surface area (Å²) in [4.78, 5) is 7.55. The van der Waals surface area contributed by atoms with Gasteiger partial charge in [-0.1, -0.05) is 20.3 Å². The highest BCUT2D eigenvalue weighted by molar-refractivity contribution is 5.74. The number of H-pyrrole nitrogens is 1. The zero-order chi connectivity index (χ0) is 13.7. The monoisotopic (exact) mass is 269 g/mol. The third kappa shape index (κ3) is 1.58. The first-order valence-corrected chi connectivity index (χ1v) is 7.43. The molecule has 3 aromatic rings. The summed E-state index contributed by atoms with van der Waals surface area (Å²) in [7, 11) is 0. The van der Waals surface area contributed by atoms with Crippen molar-refractivity contribution < 1.29 is 0 Å². The average molecular weight is 269 g/mol. The Morgan fingerprint density at radius 1 is 1.30 bits per heavy atom. The summed E-state index contributed by atoms with van der Waals surface area (Å²) in [6, 6.07) is 2.06. The quantitative estimate of drug-likeness (QED) is 0.777. The van der Waals surface area contributed by atoms with Crippen molar-refractivity contribution in [2.24, 2.45) is 11.8 Å². The van der Waals surface area contributed by atoms with Crippen LogP contribution < -0.4 is 0 Å². The second-order valence-corrected chi connectivity index (χ2v) is 6.17. The van der Waals surface area contributed by atoms with Crippen LogP contribution in [-0.4, -0.2) is 24.6 Å². The van der Waals surface area contributed by atoms with Gasteiger partial charge in [0.05, 0.1) is 11.7 Å². The fourth-order valence-electron chi connectivity index (χ4n) is 3.75. The van der Waals surface area contributed by atoms with E-state index in [4.69, 9.17) is 0 Å².